The lowest BCUT2D eigenvalue weighted by Gasteiger charge is -2.31. The molecule has 1 saturated heterocycles. The molecule has 1 aliphatic heterocycles. The van der Waals surface area contributed by atoms with E-state index < -0.39 is 0 Å². The maximum atomic E-state index is 5.79. The van der Waals surface area contributed by atoms with E-state index in [1.54, 1.807) is 6.07 Å². The Hall–Kier alpha value is -1.26. The Morgan fingerprint density at radius 2 is 2.39 bits per heavy atom. The van der Waals surface area contributed by atoms with Gasteiger partial charge in [0.1, 0.15) is 5.76 Å². The number of likely N-dealkylation sites (tertiary alicyclic amines) is 1. The molecule has 0 aliphatic carbocycles. The Morgan fingerprint density at radius 3 is 3.11 bits per heavy atom. The molecule has 96 valence electrons. The number of aromatic nitrogens is 2. The van der Waals surface area contributed by atoms with Crippen molar-refractivity contribution in [3.8, 4) is 0 Å². The Balaban J connectivity index is 1.63. The third-order valence-corrected chi connectivity index (χ3v) is 3.68. The third-order valence-electron chi connectivity index (χ3n) is 3.48. The van der Waals surface area contributed by atoms with Crippen LogP contribution >= 0.6 is 11.6 Å². The number of nitrogens with zero attached hydrogens (tertiary/aromatic N) is 2. The van der Waals surface area contributed by atoms with Gasteiger partial charge in [0.2, 0.25) is 0 Å². The summed E-state index contributed by atoms with van der Waals surface area (Å²) in [6, 6.07) is 5.81. The standard InChI is InChI=1S/C13H16ClN3O/c14-13-4-3-11(18-13)9-17-7-1-2-10(8-17)12-5-6-15-16-12/h3-6,10H,1-2,7-9H2,(H,15,16). The van der Waals surface area contributed by atoms with Crippen molar-refractivity contribution in [1.29, 1.82) is 0 Å². The zero-order chi connectivity index (χ0) is 12.4. The van der Waals surface area contributed by atoms with E-state index in [2.05, 4.69) is 21.2 Å². The minimum atomic E-state index is 0.465. The highest BCUT2D eigenvalue weighted by Crippen LogP contribution is 2.26. The summed E-state index contributed by atoms with van der Waals surface area (Å²) in [5.74, 6) is 1.48. The zero-order valence-electron chi connectivity index (χ0n) is 10.1. The molecule has 1 atom stereocenters. The lowest BCUT2D eigenvalue weighted by Crippen LogP contribution is -2.33. The fraction of sp³-hybridized carbons (Fsp3) is 0.462. The maximum Gasteiger partial charge on any atom is 0.193 e. The molecule has 5 heteroatoms. The number of hydrogen-bond donors (Lipinski definition) is 1. The van der Waals surface area contributed by atoms with Crippen LogP contribution in [0.4, 0.5) is 0 Å². The van der Waals surface area contributed by atoms with E-state index in [0.29, 0.717) is 11.1 Å². The highest BCUT2D eigenvalue weighted by Gasteiger charge is 2.22. The van der Waals surface area contributed by atoms with Crippen LogP contribution in [0.15, 0.2) is 28.8 Å². The first-order valence-electron chi connectivity index (χ1n) is 6.27. The SMILES string of the molecule is Clc1ccc(CN2CCCC(c3ccn[nH]3)C2)o1. The lowest BCUT2D eigenvalue weighted by molar-refractivity contribution is 0.185. The van der Waals surface area contributed by atoms with Crippen molar-refractivity contribution in [1.82, 2.24) is 15.1 Å². The summed E-state index contributed by atoms with van der Waals surface area (Å²) in [6.07, 6.45) is 4.25. The van der Waals surface area contributed by atoms with Crippen molar-refractivity contribution in [2.75, 3.05) is 13.1 Å². The van der Waals surface area contributed by atoms with Crippen molar-refractivity contribution < 1.29 is 4.42 Å². The lowest BCUT2D eigenvalue weighted by atomic mass is 9.95. The van der Waals surface area contributed by atoms with Crippen LogP contribution < -0.4 is 0 Å². The molecule has 2 aromatic rings. The summed E-state index contributed by atoms with van der Waals surface area (Å²) in [5.41, 5.74) is 1.23. The number of piperidine rings is 1. The molecule has 0 bridgehead atoms. The van der Waals surface area contributed by atoms with Crippen molar-refractivity contribution in [3.05, 3.63) is 41.1 Å². The van der Waals surface area contributed by atoms with Crippen molar-refractivity contribution >= 4 is 11.6 Å². The van der Waals surface area contributed by atoms with Gasteiger partial charge in [-0.2, -0.15) is 5.10 Å². The Kier molecular flexibility index (Phi) is 3.39. The van der Waals surface area contributed by atoms with Crippen molar-refractivity contribution in [3.63, 3.8) is 0 Å². The van der Waals surface area contributed by atoms with Crippen LogP contribution in [0.5, 0.6) is 0 Å². The minimum Gasteiger partial charge on any atom is -0.448 e. The normalized spacial score (nSPS) is 21.3. The molecule has 0 aromatic carbocycles. The van der Waals surface area contributed by atoms with Gasteiger partial charge in [-0.3, -0.25) is 10.00 Å². The fourth-order valence-electron chi connectivity index (χ4n) is 2.60. The minimum absolute atomic E-state index is 0.465. The Bertz CT molecular complexity index is 494. The molecule has 3 heterocycles. The zero-order valence-corrected chi connectivity index (χ0v) is 10.9. The second-order valence-corrected chi connectivity index (χ2v) is 5.16. The summed E-state index contributed by atoms with van der Waals surface area (Å²) >= 11 is 5.79. The number of halogens is 1. The van der Waals surface area contributed by atoms with Gasteiger partial charge in [0.25, 0.3) is 0 Å². The van der Waals surface area contributed by atoms with E-state index in [9.17, 15) is 0 Å². The molecule has 18 heavy (non-hydrogen) atoms. The topological polar surface area (TPSA) is 45.1 Å². The number of hydrogen-bond acceptors (Lipinski definition) is 3. The first-order valence-corrected chi connectivity index (χ1v) is 6.65. The molecule has 0 radical (unpaired) electrons. The van der Waals surface area contributed by atoms with Gasteiger partial charge in [-0.15, -0.1) is 0 Å². The number of H-pyrrole nitrogens is 1. The molecule has 2 aromatic heterocycles. The molecule has 1 unspecified atom stereocenters. The van der Waals surface area contributed by atoms with Gasteiger partial charge in [0.15, 0.2) is 5.22 Å². The van der Waals surface area contributed by atoms with E-state index in [-0.39, 0.29) is 0 Å². The summed E-state index contributed by atoms with van der Waals surface area (Å²) < 4.78 is 5.42. The van der Waals surface area contributed by atoms with Crippen LogP contribution in [0.25, 0.3) is 0 Å². The number of rotatable bonds is 3. The van der Waals surface area contributed by atoms with Gasteiger partial charge in [0, 0.05) is 24.4 Å². The van der Waals surface area contributed by atoms with Crippen LogP contribution in [-0.2, 0) is 6.54 Å². The second kappa shape index (κ2) is 5.16. The highest BCUT2D eigenvalue weighted by atomic mass is 35.5. The van der Waals surface area contributed by atoms with Crippen LogP contribution in [0.3, 0.4) is 0 Å². The van der Waals surface area contributed by atoms with Gasteiger partial charge in [-0.25, -0.2) is 0 Å². The second-order valence-electron chi connectivity index (χ2n) is 4.79. The number of furan rings is 1. The van der Waals surface area contributed by atoms with Gasteiger partial charge >= 0.3 is 0 Å². The van der Waals surface area contributed by atoms with Gasteiger partial charge in [-0.1, -0.05) is 0 Å². The monoisotopic (exact) mass is 265 g/mol. The molecule has 1 N–H and O–H groups in total. The Morgan fingerprint density at radius 1 is 1.44 bits per heavy atom. The molecule has 4 nitrogen and oxygen atoms in total. The van der Waals surface area contributed by atoms with Crippen LogP contribution in [-0.4, -0.2) is 28.2 Å². The van der Waals surface area contributed by atoms with Crippen molar-refractivity contribution in [2.45, 2.75) is 25.3 Å². The van der Waals surface area contributed by atoms with E-state index in [1.807, 2.05) is 12.3 Å². The van der Waals surface area contributed by atoms with E-state index in [4.69, 9.17) is 16.0 Å². The number of nitrogens with one attached hydrogen (secondary N) is 1. The smallest absolute Gasteiger partial charge is 0.193 e. The van der Waals surface area contributed by atoms with Gasteiger partial charge < -0.3 is 4.42 Å². The molecular weight excluding hydrogens is 250 g/mol. The third kappa shape index (κ3) is 2.60. The van der Waals surface area contributed by atoms with E-state index in [1.165, 1.54) is 18.5 Å². The van der Waals surface area contributed by atoms with Gasteiger partial charge in [0.05, 0.1) is 6.54 Å². The number of aromatic amines is 1. The predicted octanol–water partition coefficient (Wildman–Crippen LogP) is 3.04. The average Bonchev–Trinajstić information content (AvgIpc) is 3.01. The molecule has 1 aliphatic rings. The predicted molar refractivity (Wildman–Crippen MR) is 69.6 cm³/mol. The first kappa shape index (κ1) is 11.8. The molecule has 0 spiro atoms. The average molecular weight is 266 g/mol. The fourth-order valence-corrected chi connectivity index (χ4v) is 2.77. The van der Waals surface area contributed by atoms with Crippen LogP contribution in [0.1, 0.15) is 30.2 Å². The van der Waals surface area contributed by atoms with E-state index in [0.717, 1.165) is 25.4 Å². The van der Waals surface area contributed by atoms with E-state index >= 15 is 0 Å². The summed E-state index contributed by atoms with van der Waals surface area (Å²) in [6.45, 7) is 2.99. The van der Waals surface area contributed by atoms with Crippen LogP contribution in [0, 0.1) is 0 Å². The summed E-state index contributed by atoms with van der Waals surface area (Å²) in [5, 5.41) is 7.57. The Labute approximate surface area is 111 Å². The van der Waals surface area contributed by atoms with Crippen molar-refractivity contribution in [2.24, 2.45) is 0 Å². The highest BCUT2D eigenvalue weighted by molar-refractivity contribution is 6.28. The first-order chi connectivity index (χ1) is 8.81. The molecule has 3 rings (SSSR count). The molecule has 0 saturated carbocycles. The molecular formula is C13H16ClN3O. The quantitative estimate of drug-likeness (QED) is 0.928. The molecule has 0 amide bonds. The largest absolute Gasteiger partial charge is 0.448 e. The summed E-state index contributed by atoms with van der Waals surface area (Å²) in [7, 11) is 0. The van der Waals surface area contributed by atoms with Gasteiger partial charge in [-0.05, 0) is 49.2 Å². The summed E-state index contributed by atoms with van der Waals surface area (Å²) in [4.78, 5) is 2.41. The van der Waals surface area contributed by atoms with Crippen LogP contribution in [0.2, 0.25) is 5.22 Å². The maximum absolute atomic E-state index is 5.79. The molecule has 1 fully saturated rings.